The minimum atomic E-state index is 1.10. The summed E-state index contributed by atoms with van der Waals surface area (Å²) >= 11 is 0. The lowest BCUT2D eigenvalue weighted by Gasteiger charge is -2.10. The van der Waals surface area contributed by atoms with Gasteiger partial charge in [-0.2, -0.15) is 0 Å². The second-order valence-corrected chi connectivity index (χ2v) is 11.6. The fraction of sp³-hybridized carbons (Fsp3) is 0.412. The summed E-state index contributed by atoms with van der Waals surface area (Å²) < 4.78 is 4.72. The van der Waals surface area contributed by atoms with Crippen molar-refractivity contribution in [3.05, 3.63) is 78.0 Å². The third-order valence-corrected chi connectivity index (χ3v) is 9.73. The zero-order valence-corrected chi connectivity index (χ0v) is 25.8. The molecule has 0 saturated heterocycles. The number of fused-ring (bicyclic) bond motifs is 6. The van der Waals surface area contributed by atoms with Gasteiger partial charge in [-0.05, 0) is 144 Å². The molecule has 5 heterocycles. The molecule has 4 heteroatoms. The Bertz CT molecular complexity index is 1680. The van der Waals surface area contributed by atoms with Crippen LogP contribution in [0.2, 0.25) is 0 Å². The van der Waals surface area contributed by atoms with Crippen LogP contribution >= 0.6 is 0 Å². The zero-order valence-electron chi connectivity index (χ0n) is 25.8. The quantitative estimate of drug-likeness (QED) is 0.381. The highest BCUT2D eigenvalue weighted by Crippen LogP contribution is 2.41. The Hall–Kier alpha value is -3.40. The molecular formula is C34H42N4. The first-order valence-corrected chi connectivity index (χ1v) is 13.7. The van der Waals surface area contributed by atoms with Gasteiger partial charge in [0.05, 0.1) is 22.8 Å². The van der Waals surface area contributed by atoms with Crippen LogP contribution in [-0.2, 0) is 14.1 Å². The van der Waals surface area contributed by atoms with Crippen molar-refractivity contribution in [1.29, 1.82) is 0 Å². The van der Waals surface area contributed by atoms with Gasteiger partial charge in [0.25, 0.3) is 0 Å². The molecule has 0 atom stereocenters. The first-order chi connectivity index (χ1) is 17.7. The molecule has 38 heavy (non-hydrogen) atoms. The first-order valence-electron chi connectivity index (χ1n) is 13.7. The SMILES string of the molecule is CC1=C(C)C2=C(C)c3c(C)c(n(C)c3C)C(C)=C3N=C(C(C)=C3C)C(C)=c3c(C)c(C)c(n3C)=C(C)C1=N2. The van der Waals surface area contributed by atoms with Gasteiger partial charge in [0.15, 0.2) is 0 Å². The lowest BCUT2D eigenvalue weighted by Crippen LogP contribution is -2.30. The van der Waals surface area contributed by atoms with E-state index < -0.39 is 0 Å². The lowest BCUT2D eigenvalue weighted by atomic mass is 9.95. The number of aliphatic imine (C=N–C) groups is 2. The Morgan fingerprint density at radius 1 is 0.421 bits per heavy atom. The number of rotatable bonds is 0. The van der Waals surface area contributed by atoms with Gasteiger partial charge in [-0.15, -0.1) is 0 Å². The summed E-state index contributed by atoms with van der Waals surface area (Å²) in [6.07, 6.45) is 0. The predicted molar refractivity (Wildman–Crippen MR) is 164 cm³/mol. The number of hydrogen-bond acceptors (Lipinski definition) is 2. The van der Waals surface area contributed by atoms with E-state index in [1.54, 1.807) is 0 Å². The van der Waals surface area contributed by atoms with Crippen LogP contribution in [0.3, 0.4) is 0 Å². The molecule has 0 fully saturated rings. The number of hydrogen-bond donors (Lipinski definition) is 0. The number of allylic oxidation sites excluding steroid dienone is 6. The van der Waals surface area contributed by atoms with Crippen LogP contribution in [0.25, 0.3) is 22.3 Å². The lowest BCUT2D eigenvalue weighted by molar-refractivity contribution is 0.847. The minimum absolute atomic E-state index is 1.10. The Balaban J connectivity index is 2.08. The third kappa shape index (κ3) is 3.22. The van der Waals surface area contributed by atoms with E-state index >= 15 is 0 Å². The summed E-state index contributed by atoms with van der Waals surface area (Å²) in [4.78, 5) is 10.7. The maximum atomic E-state index is 5.35. The molecule has 5 rings (SSSR count). The van der Waals surface area contributed by atoms with Crippen molar-refractivity contribution < 1.29 is 0 Å². The smallest absolute Gasteiger partial charge is 0.0719 e. The molecule has 2 aromatic rings. The maximum Gasteiger partial charge on any atom is 0.0719 e. The number of nitrogens with zero attached hydrogens (tertiary/aromatic N) is 4. The Kier molecular flexibility index (Phi) is 5.90. The first kappa shape index (κ1) is 26.2. The maximum absolute atomic E-state index is 5.35. The molecule has 0 aromatic carbocycles. The minimum Gasteiger partial charge on any atom is -0.347 e. The fourth-order valence-corrected chi connectivity index (χ4v) is 7.28. The van der Waals surface area contributed by atoms with Crippen molar-refractivity contribution in [3.63, 3.8) is 0 Å². The summed E-state index contributed by atoms with van der Waals surface area (Å²) in [5.41, 5.74) is 22.2. The summed E-state index contributed by atoms with van der Waals surface area (Å²) in [6, 6.07) is 0. The molecule has 0 amide bonds. The van der Waals surface area contributed by atoms with Crippen LogP contribution in [0.4, 0.5) is 0 Å². The third-order valence-electron chi connectivity index (χ3n) is 9.73. The van der Waals surface area contributed by atoms with Gasteiger partial charge in [0.1, 0.15) is 0 Å². The van der Waals surface area contributed by atoms with E-state index in [1.165, 1.54) is 88.9 Å². The Labute approximate surface area is 227 Å². The van der Waals surface area contributed by atoms with Crippen molar-refractivity contribution >= 4 is 33.7 Å². The van der Waals surface area contributed by atoms with Gasteiger partial charge >= 0.3 is 0 Å². The average molecular weight is 507 g/mol. The second-order valence-electron chi connectivity index (χ2n) is 11.6. The van der Waals surface area contributed by atoms with E-state index in [1.807, 2.05) is 0 Å². The van der Waals surface area contributed by atoms with Crippen molar-refractivity contribution in [2.45, 2.75) is 83.1 Å². The summed E-state index contributed by atoms with van der Waals surface area (Å²) in [7, 11) is 4.39. The van der Waals surface area contributed by atoms with Crippen molar-refractivity contribution in [2.75, 3.05) is 0 Å². The zero-order chi connectivity index (χ0) is 28.1. The fourth-order valence-electron chi connectivity index (χ4n) is 7.28. The summed E-state index contributed by atoms with van der Waals surface area (Å²) in [5.74, 6) is 0. The Morgan fingerprint density at radius 3 is 1.29 bits per heavy atom. The van der Waals surface area contributed by atoms with Crippen LogP contribution in [-0.4, -0.2) is 20.6 Å². The van der Waals surface area contributed by atoms with Gasteiger partial charge in [-0.25, -0.2) is 9.98 Å². The standard InChI is InChI=1S/C34H42N4/c1-15-16(2)29-23(9)32-19(5)20(6)33(38(32)14)24(10)30-17(3)18(4)31(36-30)25(11)34-22(8)27(26(12)37(34)13)21(7)28(15)35-29/h1-14H3. The van der Waals surface area contributed by atoms with E-state index in [0.717, 1.165) is 22.8 Å². The normalized spacial score (nSPS) is 18.1. The van der Waals surface area contributed by atoms with E-state index in [0.29, 0.717) is 0 Å². The highest BCUT2D eigenvalue weighted by molar-refractivity contribution is 6.30. The summed E-state index contributed by atoms with van der Waals surface area (Å²) in [6.45, 7) is 26.9. The van der Waals surface area contributed by atoms with E-state index in [-0.39, 0.29) is 0 Å². The molecule has 4 nitrogen and oxygen atoms in total. The van der Waals surface area contributed by atoms with Crippen molar-refractivity contribution in [1.82, 2.24) is 9.13 Å². The van der Waals surface area contributed by atoms with Gasteiger partial charge < -0.3 is 9.13 Å². The van der Waals surface area contributed by atoms with E-state index in [4.69, 9.17) is 9.98 Å². The topological polar surface area (TPSA) is 34.6 Å². The molecule has 198 valence electrons. The molecule has 0 radical (unpaired) electrons. The molecule has 0 saturated carbocycles. The Morgan fingerprint density at radius 2 is 0.842 bits per heavy atom. The molecule has 3 aliphatic rings. The molecule has 0 N–H and O–H groups in total. The van der Waals surface area contributed by atoms with Crippen molar-refractivity contribution in [3.8, 4) is 0 Å². The van der Waals surface area contributed by atoms with Gasteiger partial charge in [-0.1, -0.05) is 0 Å². The average Bonchev–Trinajstić information content (AvgIpc) is 3.48. The van der Waals surface area contributed by atoms with Crippen LogP contribution in [0.5, 0.6) is 0 Å². The molecule has 0 aliphatic carbocycles. The van der Waals surface area contributed by atoms with Gasteiger partial charge in [0, 0.05) is 41.7 Å². The molecule has 3 aliphatic heterocycles. The van der Waals surface area contributed by atoms with Crippen LogP contribution in [0, 0.1) is 27.7 Å². The molecule has 0 spiro atoms. The molecule has 0 unspecified atom stereocenters. The van der Waals surface area contributed by atoms with Crippen molar-refractivity contribution in [2.24, 2.45) is 24.1 Å². The number of aromatic nitrogens is 2. The highest BCUT2D eigenvalue weighted by atomic mass is 15.0. The van der Waals surface area contributed by atoms with Gasteiger partial charge in [-0.3, -0.25) is 0 Å². The van der Waals surface area contributed by atoms with E-state index in [2.05, 4.69) is 106 Å². The van der Waals surface area contributed by atoms with Crippen LogP contribution in [0.1, 0.15) is 89.0 Å². The van der Waals surface area contributed by atoms with E-state index in [9.17, 15) is 0 Å². The molecule has 2 aromatic heterocycles. The summed E-state index contributed by atoms with van der Waals surface area (Å²) in [5, 5.41) is 2.51. The predicted octanol–water partition coefficient (Wildman–Crippen LogP) is 6.70. The molecular weight excluding hydrogens is 464 g/mol. The second kappa shape index (κ2) is 8.56. The largest absolute Gasteiger partial charge is 0.347 e. The van der Waals surface area contributed by atoms with Crippen LogP contribution in [0.15, 0.2) is 43.7 Å². The monoisotopic (exact) mass is 506 g/mol. The van der Waals surface area contributed by atoms with Gasteiger partial charge in [0.2, 0.25) is 0 Å². The highest BCUT2D eigenvalue weighted by Gasteiger charge is 2.29. The molecule has 8 bridgehead atoms. The van der Waals surface area contributed by atoms with Crippen LogP contribution < -0.4 is 10.7 Å².